The number of fused-ring (bicyclic) bond motifs is 2. The highest BCUT2D eigenvalue weighted by molar-refractivity contribution is 6.42. The number of anilines is 2. The average Bonchev–Trinajstić information content (AvgIpc) is 3.10. The first-order chi connectivity index (χ1) is 11.2. The van der Waals surface area contributed by atoms with Gasteiger partial charge in [0, 0.05) is 34.6 Å². The first-order valence-corrected chi connectivity index (χ1v) is 7.89. The fraction of sp³-hybridized carbons (Fsp3) is 0.118. The van der Waals surface area contributed by atoms with Gasteiger partial charge in [0.05, 0.1) is 15.7 Å². The first-order valence-electron chi connectivity index (χ1n) is 7.13. The van der Waals surface area contributed by atoms with Gasteiger partial charge < -0.3 is 15.5 Å². The predicted molar refractivity (Wildman–Crippen MR) is 95.5 cm³/mol. The predicted octanol–water partition coefficient (Wildman–Crippen LogP) is 4.61. The molecule has 2 aromatic carbocycles. The van der Waals surface area contributed by atoms with Crippen molar-refractivity contribution in [1.82, 2.24) is 0 Å². The van der Waals surface area contributed by atoms with E-state index < -0.39 is 0 Å². The third-order valence-corrected chi connectivity index (χ3v) is 4.73. The molecule has 6 heteroatoms. The Morgan fingerprint density at radius 1 is 1.04 bits per heavy atom. The number of halogens is 2. The molecule has 0 atom stereocenters. The summed E-state index contributed by atoms with van der Waals surface area (Å²) in [6, 6.07) is 11.7. The van der Waals surface area contributed by atoms with Gasteiger partial charge in [0.2, 0.25) is 0 Å². The number of rotatable bonds is 1. The minimum Gasteiger partial charge on any atom is -0.399 e. The number of nitrogens with zero attached hydrogens (tertiary/aromatic N) is 1. The summed E-state index contributed by atoms with van der Waals surface area (Å²) >= 11 is 12.3. The van der Waals surface area contributed by atoms with Crippen LogP contribution in [0.2, 0.25) is 10.0 Å². The second kappa shape index (κ2) is 5.48. The molecular weight excluding hydrogens is 333 g/mol. The molecular formula is C17H13Cl2N3O. The number of nitrogens with one attached hydrogen (secondary N) is 2. The van der Waals surface area contributed by atoms with Crippen LogP contribution in [-0.2, 0) is 4.84 Å². The molecule has 0 amide bonds. The molecule has 23 heavy (non-hydrogen) atoms. The van der Waals surface area contributed by atoms with Gasteiger partial charge in [0.25, 0.3) is 0 Å². The zero-order valence-corrected chi connectivity index (χ0v) is 13.8. The van der Waals surface area contributed by atoms with E-state index in [0.29, 0.717) is 16.6 Å². The average molecular weight is 346 g/mol. The van der Waals surface area contributed by atoms with Gasteiger partial charge in [0.15, 0.2) is 0 Å². The molecule has 2 aliphatic heterocycles. The lowest BCUT2D eigenvalue weighted by Crippen LogP contribution is -2.08. The molecule has 116 valence electrons. The lowest BCUT2D eigenvalue weighted by atomic mass is 10.0. The van der Waals surface area contributed by atoms with Crippen LogP contribution in [0, 0.1) is 0 Å². The minimum atomic E-state index is 0.535. The Morgan fingerprint density at radius 3 is 2.65 bits per heavy atom. The van der Waals surface area contributed by atoms with Crippen molar-refractivity contribution < 1.29 is 4.84 Å². The van der Waals surface area contributed by atoms with Crippen molar-refractivity contribution in [2.45, 2.75) is 0 Å². The quantitative estimate of drug-likeness (QED) is 0.742. The Hall–Kier alpha value is -2.17. The Kier molecular flexibility index (Phi) is 3.43. The van der Waals surface area contributed by atoms with Crippen molar-refractivity contribution in [2.24, 2.45) is 5.16 Å². The lowest BCUT2D eigenvalue weighted by Gasteiger charge is -2.07. The minimum absolute atomic E-state index is 0.535. The summed E-state index contributed by atoms with van der Waals surface area (Å²) in [7, 11) is 1.55. The van der Waals surface area contributed by atoms with Crippen LogP contribution in [-0.4, -0.2) is 19.4 Å². The molecule has 2 aromatic rings. The Morgan fingerprint density at radius 2 is 1.83 bits per heavy atom. The van der Waals surface area contributed by atoms with Crippen LogP contribution in [0.15, 0.2) is 47.3 Å². The SMILES string of the molecule is CO/N=C1/C(=C2/CNc3cc(Cl)c(Cl)cc32)Nc2ccccc21. The number of para-hydroxylation sites is 1. The second-order valence-corrected chi connectivity index (χ2v) is 6.13. The molecule has 0 spiro atoms. The van der Waals surface area contributed by atoms with Crippen molar-refractivity contribution >= 4 is 45.9 Å². The van der Waals surface area contributed by atoms with Gasteiger partial charge in [-0.3, -0.25) is 0 Å². The summed E-state index contributed by atoms with van der Waals surface area (Å²) in [4.78, 5) is 5.05. The van der Waals surface area contributed by atoms with Gasteiger partial charge in [-0.1, -0.05) is 46.6 Å². The van der Waals surface area contributed by atoms with Crippen LogP contribution < -0.4 is 10.6 Å². The summed E-state index contributed by atoms with van der Waals surface area (Å²) < 4.78 is 0. The van der Waals surface area contributed by atoms with E-state index in [1.807, 2.05) is 36.4 Å². The maximum atomic E-state index is 6.19. The third-order valence-electron chi connectivity index (χ3n) is 4.00. The number of hydrogen-bond donors (Lipinski definition) is 2. The van der Waals surface area contributed by atoms with E-state index in [4.69, 9.17) is 28.0 Å². The van der Waals surface area contributed by atoms with E-state index >= 15 is 0 Å². The van der Waals surface area contributed by atoms with E-state index in [2.05, 4.69) is 15.8 Å². The third kappa shape index (κ3) is 2.26. The summed E-state index contributed by atoms with van der Waals surface area (Å²) in [6.45, 7) is 0.672. The largest absolute Gasteiger partial charge is 0.399 e. The molecule has 2 aliphatic rings. The number of hydrogen-bond acceptors (Lipinski definition) is 4. The Balaban J connectivity index is 1.91. The van der Waals surface area contributed by atoms with Gasteiger partial charge in [0.1, 0.15) is 12.8 Å². The fourth-order valence-corrected chi connectivity index (χ4v) is 3.30. The number of allylic oxidation sites excluding steroid dienone is 1. The van der Waals surface area contributed by atoms with Crippen LogP contribution in [0.4, 0.5) is 11.4 Å². The maximum Gasteiger partial charge on any atom is 0.135 e. The number of oxime groups is 1. The van der Waals surface area contributed by atoms with E-state index in [1.165, 1.54) is 0 Å². The van der Waals surface area contributed by atoms with Gasteiger partial charge in [-0.05, 0) is 18.2 Å². The molecule has 0 radical (unpaired) electrons. The molecule has 0 saturated heterocycles. The highest BCUT2D eigenvalue weighted by Crippen LogP contribution is 2.41. The Bertz CT molecular complexity index is 874. The zero-order chi connectivity index (χ0) is 16.0. The van der Waals surface area contributed by atoms with Crippen molar-refractivity contribution in [3.8, 4) is 0 Å². The first kappa shape index (κ1) is 14.4. The molecule has 0 unspecified atom stereocenters. The van der Waals surface area contributed by atoms with E-state index in [9.17, 15) is 0 Å². The maximum absolute atomic E-state index is 6.19. The van der Waals surface area contributed by atoms with Crippen molar-refractivity contribution in [3.05, 3.63) is 63.3 Å². The van der Waals surface area contributed by atoms with Crippen molar-refractivity contribution in [3.63, 3.8) is 0 Å². The molecule has 0 bridgehead atoms. The normalized spacial score (nSPS) is 20.0. The van der Waals surface area contributed by atoms with Crippen LogP contribution in [0.1, 0.15) is 11.1 Å². The van der Waals surface area contributed by atoms with Gasteiger partial charge in [-0.2, -0.15) is 0 Å². The molecule has 2 heterocycles. The van der Waals surface area contributed by atoms with E-state index in [1.54, 1.807) is 7.11 Å². The number of benzene rings is 2. The molecule has 0 aromatic heterocycles. The van der Waals surface area contributed by atoms with E-state index in [0.717, 1.165) is 39.5 Å². The highest BCUT2D eigenvalue weighted by atomic mass is 35.5. The summed E-state index contributed by atoms with van der Waals surface area (Å²) in [5.41, 5.74) is 6.83. The van der Waals surface area contributed by atoms with Gasteiger partial charge in [-0.15, -0.1) is 0 Å². The molecule has 4 nitrogen and oxygen atoms in total. The lowest BCUT2D eigenvalue weighted by molar-refractivity contribution is 0.214. The molecule has 0 aliphatic carbocycles. The van der Waals surface area contributed by atoms with Gasteiger partial charge in [-0.25, -0.2) is 0 Å². The summed E-state index contributed by atoms with van der Waals surface area (Å²) in [5.74, 6) is 0. The van der Waals surface area contributed by atoms with Crippen LogP contribution in [0.3, 0.4) is 0 Å². The molecule has 0 saturated carbocycles. The van der Waals surface area contributed by atoms with Crippen molar-refractivity contribution in [2.75, 3.05) is 24.3 Å². The van der Waals surface area contributed by atoms with Crippen molar-refractivity contribution in [1.29, 1.82) is 0 Å². The van der Waals surface area contributed by atoms with Crippen LogP contribution >= 0.6 is 23.2 Å². The summed E-state index contributed by atoms with van der Waals surface area (Å²) in [6.07, 6.45) is 0. The zero-order valence-electron chi connectivity index (χ0n) is 12.3. The molecule has 0 fully saturated rings. The van der Waals surface area contributed by atoms with Crippen LogP contribution in [0.25, 0.3) is 5.57 Å². The second-order valence-electron chi connectivity index (χ2n) is 5.31. The fourth-order valence-electron chi connectivity index (χ4n) is 2.98. The Labute approximate surface area is 143 Å². The molecule has 4 rings (SSSR count). The highest BCUT2D eigenvalue weighted by Gasteiger charge is 2.30. The molecule has 2 N–H and O–H groups in total. The summed E-state index contributed by atoms with van der Waals surface area (Å²) in [5, 5.41) is 12.1. The standard InChI is InChI=1S/C17H13Cl2N3O/c1-23-22-17-9-4-2-3-5-14(9)21-16(17)11-8-20-15-7-13(19)12(18)6-10(11)15/h2-7,20-21H,8H2,1H3/b16-11+,22-17+. The topological polar surface area (TPSA) is 45.6 Å². The van der Waals surface area contributed by atoms with Crippen LogP contribution in [0.5, 0.6) is 0 Å². The van der Waals surface area contributed by atoms with Gasteiger partial charge >= 0.3 is 0 Å². The smallest absolute Gasteiger partial charge is 0.135 e. The van der Waals surface area contributed by atoms with E-state index in [-0.39, 0.29) is 0 Å². The monoisotopic (exact) mass is 345 g/mol.